The predicted molar refractivity (Wildman–Crippen MR) is 149 cm³/mol. The van der Waals surface area contributed by atoms with Crippen molar-refractivity contribution in [2.24, 2.45) is 0 Å². The maximum atomic E-state index is 12.7. The van der Waals surface area contributed by atoms with Crippen molar-refractivity contribution in [2.75, 3.05) is 18.5 Å². The van der Waals surface area contributed by atoms with Crippen molar-refractivity contribution in [1.82, 2.24) is 0 Å². The molecule has 0 spiro atoms. The van der Waals surface area contributed by atoms with Gasteiger partial charge in [-0.3, -0.25) is 9.59 Å². The van der Waals surface area contributed by atoms with Crippen LogP contribution in [-0.2, 0) is 6.42 Å². The first-order chi connectivity index (χ1) is 17.9. The normalized spacial score (nSPS) is 10.9. The molecule has 1 aromatic heterocycles. The molecule has 6 nitrogen and oxygen atoms in total. The van der Waals surface area contributed by atoms with Crippen LogP contribution in [0, 0.1) is 0 Å². The van der Waals surface area contributed by atoms with E-state index in [0.29, 0.717) is 64.3 Å². The molecule has 4 aromatic rings. The van der Waals surface area contributed by atoms with E-state index in [-0.39, 0.29) is 17.4 Å². The summed E-state index contributed by atoms with van der Waals surface area (Å²) in [4.78, 5) is 24.9. The number of phenolic OH excluding ortho intramolecular Hbond substituents is 1. The van der Waals surface area contributed by atoms with E-state index in [1.165, 1.54) is 18.3 Å². The minimum atomic E-state index is -0.248. The number of hydrogen-bond acceptors (Lipinski definition) is 6. The standard InChI is InChI=1S/C29H28ClNO5S/c1-3-8-22-24(13-12-21(18(2)32)27(22)33)36-16-7-15-35-20-11-14-25-23(17-20)26(30)28(37-25)29(34)31-19-9-5-4-6-10-19/h4-6,9-14,17,33H,3,7-8,15-16H2,1-2H3,(H,31,34). The number of Topliss-reactive ketones (excluding diaryl/α,β-unsaturated/α-hetero) is 1. The molecule has 0 bridgehead atoms. The van der Waals surface area contributed by atoms with Gasteiger partial charge in [-0.2, -0.15) is 0 Å². The Hall–Kier alpha value is -3.55. The number of carbonyl (C=O) groups excluding carboxylic acids is 2. The van der Waals surface area contributed by atoms with Crippen molar-refractivity contribution in [3.8, 4) is 17.2 Å². The van der Waals surface area contributed by atoms with Gasteiger partial charge in [-0.1, -0.05) is 43.1 Å². The van der Waals surface area contributed by atoms with E-state index in [0.717, 1.165) is 16.5 Å². The summed E-state index contributed by atoms with van der Waals surface area (Å²) in [6.45, 7) is 4.24. The molecule has 0 fully saturated rings. The number of nitrogens with one attached hydrogen (secondary N) is 1. The van der Waals surface area contributed by atoms with Gasteiger partial charge in [0.15, 0.2) is 5.78 Å². The number of para-hydroxylation sites is 1. The van der Waals surface area contributed by atoms with Crippen LogP contribution in [0.3, 0.4) is 0 Å². The Morgan fingerprint density at radius 3 is 2.51 bits per heavy atom. The minimum absolute atomic E-state index is 0.000800. The second-order valence-electron chi connectivity index (χ2n) is 8.52. The molecule has 0 atom stereocenters. The summed E-state index contributed by atoms with van der Waals surface area (Å²) in [7, 11) is 0. The number of benzene rings is 3. The molecule has 3 aromatic carbocycles. The highest BCUT2D eigenvalue weighted by atomic mass is 35.5. The summed E-state index contributed by atoms with van der Waals surface area (Å²) in [6.07, 6.45) is 2.05. The van der Waals surface area contributed by atoms with E-state index in [9.17, 15) is 14.7 Å². The van der Waals surface area contributed by atoms with Crippen LogP contribution in [0.25, 0.3) is 10.1 Å². The zero-order chi connectivity index (χ0) is 26.4. The number of aromatic hydroxyl groups is 1. The Labute approximate surface area is 224 Å². The molecule has 0 unspecified atom stereocenters. The van der Waals surface area contributed by atoms with Gasteiger partial charge in [-0.25, -0.2) is 0 Å². The molecule has 0 aliphatic carbocycles. The number of halogens is 1. The van der Waals surface area contributed by atoms with Gasteiger partial charge >= 0.3 is 0 Å². The molecular formula is C29H28ClNO5S. The first kappa shape index (κ1) is 26.5. The maximum absolute atomic E-state index is 12.7. The second kappa shape index (κ2) is 12.1. The number of hydrogen-bond donors (Lipinski definition) is 2. The molecule has 37 heavy (non-hydrogen) atoms. The van der Waals surface area contributed by atoms with E-state index in [1.807, 2.05) is 55.5 Å². The maximum Gasteiger partial charge on any atom is 0.267 e. The van der Waals surface area contributed by atoms with Crippen molar-refractivity contribution in [3.63, 3.8) is 0 Å². The second-order valence-corrected chi connectivity index (χ2v) is 9.95. The number of anilines is 1. The van der Waals surface area contributed by atoms with Crippen molar-refractivity contribution < 1.29 is 24.2 Å². The Bertz CT molecular complexity index is 1420. The van der Waals surface area contributed by atoms with Crippen LogP contribution in [0.4, 0.5) is 5.69 Å². The third-order valence-corrected chi connectivity index (χ3v) is 7.44. The van der Waals surface area contributed by atoms with Gasteiger partial charge in [0, 0.05) is 27.8 Å². The van der Waals surface area contributed by atoms with Crippen molar-refractivity contribution in [1.29, 1.82) is 0 Å². The monoisotopic (exact) mass is 537 g/mol. The summed E-state index contributed by atoms with van der Waals surface area (Å²) in [5, 5.41) is 14.5. The number of rotatable bonds is 11. The minimum Gasteiger partial charge on any atom is -0.507 e. The number of ether oxygens (including phenoxy) is 2. The summed E-state index contributed by atoms with van der Waals surface area (Å²) >= 11 is 7.90. The lowest BCUT2D eigenvalue weighted by Crippen LogP contribution is -2.10. The van der Waals surface area contributed by atoms with Gasteiger partial charge in [0.05, 0.1) is 23.8 Å². The number of carbonyl (C=O) groups is 2. The van der Waals surface area contributed by atoms with E-state index in [1.54, 1.807) is 12.1 Å². The predicted octanol–water partition coefficient (Wildman–Crippen LogP) is 7.52. The average molecular weight is 538 g/mol. The molecule has 192 valence electrons. The first-order valence-corrected chi connectivity index (χ1v) is 13.3. The van der Waals surface area contributed by atoms with E-state index >= 15 is 0 Å². The topological polar surface area (TPSA) is 84.9 Å². The Morgan fingerprint density at radius 2 is 1.78 bits per heavy atom. The summed E-state index contributed by atoms with van der Waals surface area (Å²) in [5.41, 5.74) is 1.67. The zero-order valence-electron chi connectivity index (χ0n) is 20.7. The Balaban J connectivity index is 1.35. The lowest BCUT2D eigenvalue weighted by molar-refractivity contribution is 0.101. The molecule has 4 rings (SSSR count). The van der Waals surface area contributed by atoms with Crippen molar-refractivity contribution >= 4 is 50.4 Å². The van der Waals surface area contributed by atoms with E-state index in [2.05, 4.69) is 5.32 Å². The zero-order valence-corrected chi connectivity index (χ0v) is 22.2. The highest BCUT2D eigenvalue weighted by molar-refractivity contribution is 7.21. The smallest absolute Gasteiger partial charge is 0.267 e. The number of phenols is 1. The average Bonchev–Trinajstić information content (AvgIpc) is 3.22. The van der Waals surface area contributed by atoms with E-state index < -0.39 is 0 Å². The summed E-state index contributed by atoms with van der Waals surface area (Å²) in [6, 6.07) is 18.2. The number of thiophene rings is 1. The van der Waals surface area contributed by atoms with Crippen molar-refractivity contribution in [2.45, 2.75) is 33.1 Å². The third kappa shape index (κ3) is 6.24. The fourth-order valence-corrected chi connectivity index (χ4v) is 5.34. The molecule has 2 N–H and O–H groups in total. The van der Waals surface area contributed by atoms with Gasteiger partial charge in [-0.15, -0.1) is 11.3 Å². The van der Waals surface area contributed by atoms with Gasteiger partial charge in [0.2, 0.25) is 0 Å². The number of ketones is 1. The van der Waals surface area contributed by atoms with Crippen LogP contribution in [0.2, 0.25) is 5.02 Å². The molecule has 8 heteroatoms. The van der Waals surface area contributed by atoms with Gasteiger partial charge in [-0.05, 0) is 55.8 Å². The third-order valence-electron chi connectivity index (χ3n) is 5.77. The molecule has 1 amide bonds. The SMILES string of the molecule is CCCc1c(OCCCOc2ccc3sc(C(=O)Nc4ccccc4)c(Cl)c3c2)ccc(C(C)=O)c1O. The van der Waals surface area contributed by atoms with Crippen LogP contribution in [0.1, 0.15) is 52.3 Å². The van der Waals surface area contributed by atoms with Crippen LogP contribution >= 0.6 is 22.9 Å². The Morgan fingerprint density at radius 1 is 1.03 bits per heavy atom. The number of fused-ring (bicyclic) bond motifs is 1. The fourth-order valence-electron chi connectivity index (χ4n) is 3.95. The highest BCUT2D eigenvalue weighted by Crippen LogP contribution is 2.38. The summed E-state index contributed by atoms with van der Waals surface area (Å²) in [5.74, 6) is 0.804. The van der Waals surface area contributed by atoms with Crippen LogP contribution < -0.4 is 14.8 Å². The quantitative estimate of drug-likeness (QED) is 0.153. The molecule has 0 radical (unpaired) electrons. The molecule has 0 saturated carbocycles. The Kier molecular flexibility index (Phi) is 8.69. The summed E-state index contributed by atoms with van der Waals surface area (Å²) < 4.78 is 12.7. The van der Waals surface area contributed by atoms with Gasteiger partial charge in [0.25, 0.3) is 5.91 Å². The first-order valence-electron chi connectivity index (χ1n) is 12.1. The lowest BCUT2D eigenvalue weighted by Gasteiger charge is -2.15. The molecule has 0 aliphatic heterocycles. The number of amides is 1. The van der Waals surface area contributed by atoms with Crippen molar-refractivity contribution in [3.05, 3.63) is 81.7 Å². The molecule has 0 aliphatic rings. The molecular weight excluding hydrogens is 510 g/mol. The van der Waals surface area contributed by atoms with Gasteiger partial charge in [0.1, 0.15) is 22.1 Å². The molecule has 1 heterocycles. The lowest BCUT2D eigenvalue weighted by atomic mass is 10.0. The van der Waals surface area contributed by atoms with Crippen LogP contribution in [0.15, 0.2) is 60.7 Å². The fraction of sp³-hybridized carbons (Fsp3) is 0.241. The largest absolute Gasteiger partial charge is 0.507 e. The van der Waals surface area contributed by atoms with Gasteiger partial charge < -0.3 is 19.9 Å². The van der Waals surface area contributed by atoms with E-state index in [4.69, 9.17) is 21.1 Å². The van der Waals surface area contributed by atoms with Crippen LogP contribution in [0.5, 0.6) is 17.2 Å². The van der Waals surface area contributed by atoms with Crippen LogP contribution in [-0.4, -0.2) is 30.0 Å². The molecule has 0 saturated heterocycles. The highest BCUT2D eigenvalue weighted by Gasteiger charge is 2.18.